The number of carbonyl (C=O) groups excluding carboxylic acids is 1. The Hall–Kier alpha value is -1.42. The Morgan fingerprint density at radius 3 is 2.48 bits per heavy atom. The molecule has 3 nitrogen and oxygen atoms in total. The van der Waals surface area contributed by atoms with E-state index in [1.165, 1.54) is 31.4 Å². The molecule has 0 aromatic heterocycles. The van der Waals surface area contributed by atoms with Crippen LogP contribution in [0.25, 0.3) is 0 Å². The molecule has 3 fully saturated rings. The zero-order valence-electron chi connectivity index (χ0n) is 12.3. The van der Waals surface area contributed by atoms with E-state index < -0.39 is 0 Å². The lowest BCUT2D eigenvalue weighted by Gasteiger charge is -2.39. The molecule has 1 saturated heterocycles. The molecule has 2 saturated carbocycles. The van der Waals surface area contributed by atoms with E-state index in [2.05, 4.69) is 12.2 Å². The molecule has 1 spiro atoms. The van der Waals surface area contributed by atoms with Crippen molar-refractivity contribution in [2.24, 2.45) is 5.92 Å². The first-order valence-electron chi connectivity index (χ1n) is 7.97. The predicted molar refractivity (Wildman–Crippen MR) is 77.9 cm³/mol. The van der Waals surface area contributed by atoms with Gasteiger partial charge in [-0.15, -0.1) is 0 Å². The molecular weight excluding hydrogens is 267 g/mol. The highest BCUT2D eigenvalue weighted by Gasteiger charge is 2.60. The van der Waals surface area contributed by atoms with Crippen molar-refractivity contribution in [1.82, 2.24) is 10.2 Å². The van der Waals surface area contributed by atoms with E-state index in [0.29, 0.717) is 5.92 Å². The lowest BCUT2D eigenvalue weighted by molar-refractivity contribution is -0.134. The van der Waals surface area contributed by atoms with Crippen LogP contribution in [0.1, 0.15) is 50.8 Å². The average molecular weight is 288 g/mol. The zero-order valence-corrected chi connectivity index (χ0v) is 12.3. The molecule has 1 aromatic rings. The number of hydrogen-bond donors (Lipinski definition) is 1. The third-order valence-electron chi connectivity index (χ3n) is 5.54. The molecule has 1 aliphatic heterocycles. The van der Waals surface area contributed by atoms with Crippen molar-refractivity contribution < 1.29 is 9.18 Å². The smallest absolute Gasteiger partial charge is 0.244 e. The molecule has 1 N–H and O–H groups in total. The van der Waals surface area contributed by atoms with Gasteiger partial charge in [-0.2, -0.15) is 0 Å². The molecule has 21 heavy (non-hydrogen) atoms. The molecule has 2 atom stereocenters. The van der Waals surface area contributed by atoms with Crippen LogP contribution in [0.5, 0.6) is 0 Å². The second-order valence-corrected chi connectivity index (χ2v) is 6.82. The van der Waals surface area contributed by atoms with Gasteiger partial charge in [0.1, 0.15) is 17.5 Å². The Bertz CT molecular complexity index is 563. The van der Waals surface area contributed by atoms with Gasteiger partial charge in [0.2, 0.25) is 5.91 Å². The number of halogens is 1. The summed E-state index contributed by atoms with van der Waals surface area (Å²) in [6.45, 7) is 2.17. The number of rotatable bonds is 3. The van der Waals surface area contributed by atoms with Gasteiger partial charge in [-0.25, -0.2) is 4.39 Å². The first-order valence-corrected chi connectivity index (χ1v) is 7.97. The van der Waals surface area contributed by atoms with Crippen LogP contribution in [0, 0.1) is 11.7 Å². The molecule has 4 rings (SSSR count). The third-order valence-corrected chi connectivity index (χ3v) is 5.54. The van der Waals surface area contributed by atoms with Crippen molar-refractivity contribution in [2.45, 2.75) is 56.8 Å². The van der Waals surface area contributed by atoms with Crippen LogP contribution in [-0.2, 0) is 4.79 Å². The van der Waals surface area contributed by atoms with Gasteiger partial charge in [0.05, 0.1) is 0 Å². The molecule has 0 bridgehead atoms. The first-order chi connectivity index (χ1) is 10.1. The normalized spacial score (nSPS) is 28.8. The number of benzene rings is 1. The highest BCUT2D eigenvalue weighted by molar-refractivity contribution is 5.92. The van der Waals surface area contributed by atoms with Crippen LogP contribution in [0.15, 0.2) is 24.3 Å². The molecule has 4 heteroatoms. The summed E-state index contributed by atoms with van der Waals surface area (Å²) in [7, 11) is 0. The number of carbonyl (C=O) groups is 1. The lowest BCUT2D eigenvalue weighted by atomic mass is 9.79. The van der Waals surface area contributed by atoms with E-state index in [0.717, 1.165) is 18.4 Å². The molecule has 1 heterocycles. The van der Waals surface area contributed by atoms with Gasteiger partial charge in [-0.3, -0.25) is 10.1 Å². The molecule has 3 aliphatic rings. The van der Waals surface area contributed by atoms with Gasteiger partial charge < -0.3 is 4.90 Å². The minimum atomic E-state index is -0.322. The van der Waals surface area contributed by atoms with Crippen molar-refractivity contribution in [3.8, 4) is 0 Å². The van der Waals surface area contributed by atoms with Crippen molar-refractivity contribution >= 4 is 5.91 Å². The van der Waals surface area contributed by atoms with Crippen molar-refractivity contribution in [1.29, 1.82) is 0 Å². The second-order valence-electron chi connectivity index (χ2n) is 6.82. The molecule has 1 aromatic carbocycles. The second kappa shape index (κ2) is 4.54. The standard InChI is InChI=1S/C17H21FN2O/c1-11(12-3-2-4-12)20-15(13-5-7-14(18)8-6-13)19-17(9-10-17)16(20)21/h5-8,11-12,15,19H,2-4,9-10H2,1H3. The minimum Gasteiger partial charge on any atom is -0.318 e. The van der Waals surface area contributed by atoms with Crippen molar-refractivity contribution in [3.63, 3.8) is 0 Å². The van der Waals surface area contributed by atoms with Crippen LogP contribution in [0.3, 0.4) is 0 Å². The Morgan fingerprint density at radius 2 is 1.95 bits per heavy atom. The zero-order chi connectivity index (χ0) is 14.6. The Kier molecular flexibility index (Phi) is 2.86. The van der Waals surface area contributed by atoms with E-state index in [4.69, 9.17) is 0 Å². The summed E-state index contributed by atoms with van der Waals surface area (Å²) in [5.74, 6) is 0.631. The minimum absolute atomic E-state index is 0.101. The van der Waals surface area contributed by atoms with Gasteiger partial charge in [-0.1, -0.05) is 18.6 Å². The fraction of sp³-hybridized carbons (Fsp3) is 0.588. The average Bonchev–Trinajstić information content (AvgIpc) is 3.11. The maximum absolute atomic E-state index is 13.2. The maximum Gasteiger partial charge on any atom is 0.244 e. The third kappa shape index (κ3) is 2.00. The first kappa shape index (κ1) is 13.3. The van der Waals surface area contributed by atoms with Crippen LogP contribution >= 0.6 is 0 Å². The summed E-state index contributed by atoms with van der Waals surface area (Å²) in [6, 6.07) is 6.80. The molecular formula is C17H21FN2O. The van der Waals surface area contributed by atoms with E-state index >= 15 is 0 Å². The maximum atomic E-state index is 13.2. The monoisotopic (exact) mass is 288 g/mol. The van der Waals surface area contributed by atoms with Crippen molar-refractivity contribution in [2.75, 3.05) is 0 Å². The van der Waals surface area contributed by atoms with Crippen LogP contribution in [0.2, 0.25) is 0 Å². The quantitative estimate of drug-likeness (QED) is 0.927. The van der Waals surface area contributed by atoms with E-state index in [9.17, 15) is 9.18 Å². The van der Waals surface area contributed by atoms with E-state index in [1.807, 2.05) is 4.90 Å². The topological polar surface area (TPSA) is 32.3 Å². The number of amides is 1. The number of hydrogen-bond acceptors (Lipinski definition) is 2. The number of nitrogens with zero attached hydrogens (tertiary/aromatic N) is 1. The summed E-state index contributed by atoms with van der Waals surface area (Å²) in [4.78, 5) is 14.8. The van der Waals surface area contributed by atoms with Gasteiger partial charge in [0, 0.05) is 6.04 Å². The van der Waals surface area contributed by atoms with Crippen molar-refractivity contribution in [3.05, 3.63) is 35.6 Å². The number of nitrogens with one attached hydrogen (secondary N) is 1. The highest BCUT2D eigenvalue weighted by atomic mass is 19.1. The summed E-state index contributed by atoms with van der Waals surface area (Å²) in [5, 5.41) is 3.51. The molecule has 2 aliphatic carbocycles. The summed E-state index contributed by atoms with van der Waals surface area (Å²) in [5.41, 5.74) is 0.663. The fourth-order valence-corrected chi connectivity index (χ4v) is 3.70. The largest absolute Gasteiger partial charge is 0.318 e. The molecule has 2 unspecified atom stereocenters. The summed E-state index contributed by atoms with van der Waals surface area (Å²) >= 11 is 0. The lowest BCUT2D eigenvalue weighted by Crippen LogP contribution is -2.44. The van der Waals surface area contributed by atoms with Crippen LogP contribution in [-0.4, -0.2) is 22.4 Å². The van der Waals surface area contributed by atoms with E-state index in [-0.39, 0.29) is 29.5 Å². The van der Waals surface area contributed by atoms with E-state index in [1.54, 1.807) is 12.1 Å². The predicted octanol–water partition coefficient (Wildman–Crippen LogP) is 2.98. The van der Waals surface area contributed by atoms with Gasteiger partial charge in [0.25, 0.3) is 0 Å². The molecule has 112 valence electrons. The Morgan fingerprint density at radius 1 is 1.29 bits per heavy atom. The molecule has 1 amide bonds. The summed E-state index contributed by atoms with van der Waals surface area (Å²) in [6.07, 6.45) is 5.46. The SMILES string of the molecule is CC(C1CCC1)N1C(=O)C2(CC2)NC1c1ccc(F)cc1. The van der Waals surface area contributed by atoms with Gasteiger partial charge >= 0.3 is 0 Å². The Balaban J connectivity index is 1.66. The van der Waals surface area contributed by atoms with Gasteiger partial charge in [0.15, 0.2) is 0 Å². The summed E-state index contributed by atoms with van der Waals surface area (Å²) < 4.78 is 13.2. The Labute approximate surface area is 124 Å². The van der Waals surface area contributed by atoms with Gasteiger partial charge in [-0.05, 0) is 56.2 Å². The highest BCUT2D eigenvalue weighted by Crippen LogP contribution is 2.48. The fourth-order valence-electron chi connectivity index (χ4n) is 3.70. The molecule has 0 radical (unpaired) electrons. The van der Waals surface area contributed by atoms with Crippen LogP contribution in [0.4, 0.5) is 4.39 Å². The van der Waals surface area contributed by atoms with Crippen LogP contribution < -0.4 is 5.32 Å².